The summed E-state index contributed by atoms with van der Waals surface area (Å²) < 4.78 is 32.0. The Bertz CT molecular complexity index is 757. The summed E-state index contributed by atoms with van der Waals surface area (Å²) in [5.74, 6) is 0.348. The van der Waals surface area contributed by atoms with E-state index in [1.165, 1.54) is 32.4 Å². The molecule has 23 heavy (non-hydrogen) atoms. The van der Waals surface area contributed by atoms with Gasteiger partial charge in [-0.15, -0.1) is 0 Å². The van der Waals surface area contributed by atoms with Crippen molar-refractivity contribution in [1.29, 1.82) is 0 Å². The van der Waals surface area contributed by atoms with E-state index >= 15 is 0 Å². The number of ether oxygens (including phenoxy) is 4. The molecule has 1 aromatic heterocycles. The average molecular weight is 344 g/mol. The van der Waals surface area contributed by atoms with E-state index in [4.69, 9.17) is 18.9 Å². The summed E-state index contributed by atoms with van der Waals surface area (Å²) in [6.45, 7) is 0. The lowest BCUT2D eigenvalue weighted by Crippen LogP contribution is -2.30. The molecule has 0 saturated heterocycles. The molecule has 0 amide bonds. The summed E-state index contributed by atoms with van der Waals surface area (Å²) >= 11 is 0. The van der Waals surface area contributed by atoms with Crippen LogP contribution < -0.4 is 9.47 Å². The number of nitrogens with zero attached hydrogens (tertiary/aromatic N) is 2. The number of hydrogen-bond donors (Lipinski definition) is 2. The van der Waals surface area contributed by atoms with Gasteiger partial charge in [0.05, 0.1) is 25.3 Å². The van der Waals surface area contributed by atoms with Crippen LogP contribution in [-0.2, 0) is 19.6 Å². The van der Waals surface area contributed by atoms with E-state index < -0.39 is 13.1 Å². The molecule has 0 fully saturated rings. The largest absolute Gasteiger partial charge is 0.477 e. The molecular formula is C13H17N2O7P. The Morgan fingerprint density at radius 2 is 1.48 bits per heavy atom. The topological polar surface area (TPSA) is 120 Å². The molecule has 10 heteroatoms. The number of methoxy groups -OCH3 is 4. The highest BCUT2D eigenvalue weighted by Gasteiger charge is 2.50. The molecule has 0 spiro atoms. The van der Waals surface area contributed by atoms with E-state index in [2.05, 4.69) is 9.97 Å². The van der Waals surface area contributed by atoms with Gasteiger partial charge >= 0.3 is 7.60 Å². The minimum absolute atomic E-state index is 0.102. The lowest BCUT2D eigenvalue weighted by atomic mass is 10.2. The smallest absolute Gasteiger partial charge is 0.389 e. The molecule has 0 aliphatic heterocycles. The van der Waals surface area contributed by atoms with Crippen LogP contribution in [0.5, 0.6) is 11.8 Å². The summed E-state index contributed by atoms with van der Waals surface area (Å²) in [5.41, 5.74) is -1.33. The molecule has 0 aliphatic carbocycles. The predicted octanol–water partition coefficient (Wildman–Crippen LogP) is 1.23. The first kappa shape index (κ1) is 17.6. The van der Waals surface area contributed by atoms with Crippen LogP contribution in [0.2, 0.25) is 0 Å². The van der Waals surface area contributed by atoms with E-state index in [1.54, 1.807) is 0 Å². The lowest BCUT2D eigenvalue weighted by molar-refractivity contribution is -0.162. The van der Waals surface area contributed by atoms with Crippen molar-refractivity contribution in [3.05, 3.63) is 23.8 Å². The number of benzene rings is 1. The Morgan fingerprint density at radius 3 is 1.91 bits per heavy atom. The van der Waals surface area contributed by atoms with Crippen molar-refractivity contribution in [2.75, 3.05) is 28.4 Å². The number of fused-ring (bicyclic) bond motifs is 1. The molecule has 0 atom stereocenters. The molecule has 0 radical (unpaired) electrons. The van der Waals surface area contributed by atoms with Gasteiger partial charge in [-0.05, 0) is 12.1 Å². The fourth-order valence-corrected chi connectivity index (χ4v) is 3.16. The van der Waals surface area contributed by atoms with Gasteiger partial charge in [0.1, 0.15) is 0 Å². The number of hydrogen-bond acceptors (Lipinski definition) is 7. The Morgan fingerprint density at radius 1 is 0.957 bits per heavy atom. The Balaban J connectivity index is 2.70. The molecular weight excluding hydrogens is 327 g/mol. The van der Waals surface area contributed by atoms with Gasteiger partial charge in [0, 0.05) is 19.8 Å². The predicted molar refractivity (Wildman–Crippen MR) is 80.4 cm³/mol. The molecule has 0 bridgehead atoms. The first-order valence-corrected chi connectivity index (χ1v) is 8.00. The second-order valence-corrected chi connectivity index (χ2v) is 6.16. The first-order valence-electron chi connectivity index (χ1n) is 6.39. The third-order valence-corrected chi connectivity index (χ3v) is 4.68. The molecule has 1 aromatic carbocycles. The zero-order valence-electron chi connectivity index (χ0n) is 13.0. The van der Waals surface area contributed by atoms with Gasteiger partial charge in [0.25, 0.3) is 17.3 Å². The maximum atomic E-state index is 11.8. The van der Waals surface area contributed by atoms with Crippen molar-refractivity contribution in [3.63, 3.8) is 0 Å². The van der Waals surface area contributed by atoms with Crippen LogP contribution in [0.4, 0.5) is 0 Å². The van der Waals surface area contributed by atoms with E-state index in [1.807, 2.05) is 0 Å². The Hall–Kier alpha value is -1.77. The summed E-state index contributed by atoms with van der Waals surface area (Å²) in [4.78, 5) is 27.7. The highest BCUT2D eigenvalue weighted by atomic mass is 31.2. The van der Waals surface area contributed by atoms with E-state index in [0.717, 1.165) is 14.2 Å². The van der Waals surface area contributed by atoms with Crippen molar-refractivity contribution >= 4 is 18.6 Å². The summed E-state index contributed by atoms with van der Waals surface area (Å²) in [6, 6.07) is 4.38. The molecule has 2 N–H and O–H groups in total. The first-order chi connectivity index (χ1) is 10.8. The van der Waals surface area contributed by atoms with Crippen molar-refractivity contribution in [3.8, 4) is 11.8 Å². The molecule has 9 nitrogen and oxygen atoms in total. The zero-order valence-corrected chi connectivity index (χ0v) is 13.9. The highest BCUT2D eigenvalue weighted by Crippen LogP contribution is 2.58. The monoisotopic (exact) mass is 344 g/mol. The Labute approximate surface area is 132 Å². The van der Waals surface area contributed by atoms with Crippen LogP contribution in [0.15, 0.2) is 18.2 Å². The summed E-state index contributed by atoms with van der Waals surface area (Å²) in [7, 11) is 0.344. The van der Waals surface area contributed by atoms with Crippen molar-refractivity contribution < 1.29 is 33.3 Å². The maximum absolute atomic E-state index is 11.8. The van der Waals surface area contributed by atoms with E-state index in [-0.39, 0.29) is 17.3 Å². The molecule has 2 rings (SSSR count). The van der Waals surface area contributed by atoms with Crippen LogP contribution >= 0.6 is 7.60 Å². The van der Waals surface area contributed by atoms with E-state index in [9.17, 15) is 14.4 Å². The highest BCUT2D eigenvalue weighted by molar-refractivity contribution is 7.52. The van der Waals surface area contributed by atoms with Crippen LogP contribution in [0.1, 0.15) is 5.56 Å². The minimum Gasteiger partial charge on any atom is -0.477 e. The third-order valence-electron chi connectivity index (χ3n) is 3.29. The van der Waals surface area contributed by atoms with Crippen LogP contribution in [0.3, 0.4) is 0 Å². The van der Waals surface area contributed by atoms with Gasteiger partial charge in [-0.1, -0.05) is 6.07 Å². The zero-order chi connectivity index (χ0) is 17.3. The van der Waals surface area contributed by atoms with Gasteiger partial charge in [-0.2, -0.15) is 0 Å². The van der Waals surface area contributed by atoms with Crippen molar-refractivity contribution in [2.24, 2.45) is 0 Å². The quantitative estimate of drug-likeness (QED) is 0.588. The Kier molecular flexibility index (Phi) is 4.88. The lowest BCUT2D eigenvalue weighted by Gasteiger charge is -2.31. The second kappa shape index (κ2) is 6.38. The van der Waals surface area contributed by atoms with Crippen molar-refractivity contribution in [1.82, 2.24) is 9.97 Å². The van der Waals surface area contributed by atoms with Crippen LogP contribution in [0, 0.1) is 0 Å². The normalized spacial score (nSPS) is 12.4. The molecule has 1 heterocycles. The molecule has 126 valence electrons. The fourth-order valence-electron chi connectivity index (χ4n) is 2.21. The number of aromatic nitrogens is 2. The molecule has 0 saturated carbocycles. The second-order valence-electron chi connectivity index (χ2n) is 4.48. The van der Waals surface area contributed by atoms with Gasteiger partial charge < -0.3 is 28.7 Å². The van der Waals surface area contributed by atoms with Gasteiger partial charge in [0.2, 0.25) is 0 Å². The third kappa shape index (κ3) is 2.89. The number of rotatable bonds is 6. The molecule has 0 unspecified atom stereocenters. The standard InChI is InChI=1S/C13H17N2O7P/c1-19-11-12(20-2)15-10-7-8(5-6-9(10)14-11)13(21-3,22-4)23(16,17)18/h5-7H,1-4H3,(H2,16,17,18). The minimum atomic E-state index is -4.79. The maximum Gasteiger partial charge on any atom is 0.389 e. The van der Waals surface area contributed by atoms with Gasteiger partial charge in [0.15, 0.2) is 0 Å². The summed E-state index contributed by atoms with van der Waals surface area (Å²) in [5, 5.41) is 0. The fraction of sp³-hybridized carbons (Fsp3) is 0.385. The van der Waals surface area contributed by atoms with Gasteiger partial charge in [-0.25, -0.2) is 9.97 Å². The summed E-state index contributed by atoms with van der Waals surface area (Å²) in [6.07, 6.45) is 0. The van der Waals surface area contributed by atoms with Crippen molar-refractivity contribution in [2.45, 2.75) is 5.53 Å². The molecule has 2 aromatic rings. The average Bonchev–Trinajstić information content (AvgIpc) is 2.53. The SMILES string of the molecule is COc1nc2ccc(C(OC)(OC)P(=O)(O)O)cc2nc1OC. The molecule has 0 aliphatic rings. The van der Waals surface area contributed by atoms with Crippen LogP contribution in [0.25, 0.3) is 11.0 Å². The van der Waals surface area contributed by atoms with E-state index in [0.29, 0.717) is 11.0 Å². The van der Waals surface area contributed by atoms with Crippen LogP contribution in [-0.4, -0.2) is 48.2 Å². The van der Waals surface area contributed by atoms with Gasteiger partial charge in [-0.3, -0.25) is 4.57 Å².